The average Bonchev–Trinajstić information content (AvgIpc) is 3.70. The van der Waals surface area contributed by atoms with Crippen LogP contribution in [0.5, 0.6) is 5.75 Å². The SMILES string of the molecule is Cc1ccc(COCc2ccc(F)cc2F)c(N2C(=O)CSC2=NC(=O)Nc2ccc(-c3ncn(-c4ccc(OC(F)(F)F)cc4)n3)cc2F)c1. The number of hydrogen-bond donors (Lipinski definition) is 1. The van der Waals surface area contributed by atoms with Crippen LogP contribution >= 0.6 is 11.8 Å². The Balaban J connectivity index is 1.14. The average molecular weight is 727 g/mol. The first-order valence-electron chi connectivity index (χ1n) is 14.9. The smallest absolute Gasteiger partial charge is 0.406 e. The number of amidine groups is 1. The van der Waals surface area contributed by atoms with Crippen LogP contribution in [0.25, 0.3) is 17.1 Å². The fourth-order valence-corrected chi connectivity index (χ4v) is 5.76. The maximum Gasteiger partial charge on any atom is 0.573 e. The predicted molar refractivity (Wildman–Crippen MR) is 176 cm³/mol. The van der Waals surface area contributed by atoms with E-state index in [0.717, 1.165) is 47.7 Å². The topological polar surface area (TPSA) is 111 Å². The van der Waals surface area contributed by atoms with Crippen LogP contribution < -0.4 is 15.0 Å². The zero-order valence-corrected chi connectivity index (χ0v) is 27.1. The van der Waals surface area contributed by atoms with Crippen LogP contribution in [-0.2, 0) is 22.7 Å². The Labute approximate surface area is 289 Å². The number of hydrogen-bond acceptors (Lipinski definition) is 7. The summed E-state index contributed by atoms with van der Waals surface area (Å²) in [6, 6.07) is 16.1. The number of nitrogens with zero attached hydrogens (tertiary/aromatic N) is 5. The second-order valence-electron chi connectivity index (χ2n) is 11.0. The first-order chi connectivity index (χ1) is 24.3. The summed E-state index contributed by atoms with van der Waals surface area (Å²) in [6.45, 7) is 1.60. The lowest BCUT2D eigenvalue weighted by atomic mass is 10.1. The third-order valence-electron chi connectivity index (χ3n) is 7.27. The number of amides is 3. The monoisotopic (exact) mass is 726 g/mol. The molecule has 2 heterocycles. The van der Waals surface area contributed by atoms with E-state index in [2.05, 4.69) is 25.1 Å². The minimum atomic E-state index is -4.83. The molecule has 1 aliphatic heterocycles. The minimum Gasteiger partial charge on any atom is -0.406 e. The van der Waals surface area contributed by atoms with E-state index in [4.69, 9.17) is 4.74 Å². The zero-order chi connectivity index (χ0) is 36.3. The molecular formula is C34H24F6N6O4S. The molecule has 3 amide bonds. The summed E-state index contributed by atoms with van der Waals surface area (Å²) >= 11 is 1.01. The molecular weight excluding hydrogens is 702 g/mol. The van der Waals surface area contributed by atoms with Crippen molar-refractivity contribution in [1.29, 1.82) is 0 Å². The number of carbonyl (C=O) groups excluding carboxylic acids is 2. The number of anilines is 2. The van der Waals surface area contributed by atoms with E-state index in [0.29, 0.717) is 16.9 Å². The number of aliphatic imine (C=N–C) groups is 1. The molecule has 0 radical (unpaired) electrons. The van der Waals surface area contributed by atoms with Gasteiger partial charge >= 0.3 is 12.4 Å². The zero-order valence-electron chi connectivity index (χ0n) is 26.2. The fraction of sp³-hybridized carbons (Fsp3) is 0.147. The lowest BCUT2D eigenvalue weighted by Gasteiger charge is -2.20. The standard InChI is InChI=1S/C34H24F6N6O4S/c1-19-2-3-22(16-49-15-21-4-6-23(35)14-26(21)36)29(12-19)46-30(47)17-51-33(46)43-32(48)42-28-11-5-20(13-27(28)37)31-41-18-45(44-31)24-7-9-25(10-8-24)50-34(38,39)40/h2-14,18H,15-17H2,1H3,(H,42,48). The van der Waals surface area contributed by atoms with Gasteiger partial charge in [-0.2, -0.15) is 4.99 Å². The number of halogens is 6. The number of ether oxygens (including phenoxy) is 2. The van der Waals surface area contributed by atoms with Crippen molar-refractivity contribution in [2.75, 3.05) is 16.0 Å². The Hall–Kier alpha value is -5.68. The molecule has 1 fully saturated rings. The van der Waals surface area contributed by atoms with Gasteiger partial charge in [0, 0.05) is 22.8 Å². The molecule has 1 saturated heterocycles. The van der Waals surface area contributed by atoms with Crippen LogP contribution in [0, 0.1) is 24.4 Å². The molecule has 0 aliphatic carbocycles. The molecule has 4 aromatic carbocycles. The molecule has 262 valence electrons. The number of aryl methyl sites for hydroxylation is 1. The van der Waals surface area contributed by atoms with Crippen molar-refractivity contribution in [3.05, 3.63) is 119 Å². The Morgan fingerprint density at radius 3 is 2.41 bits per heavy atom. The summed E-state index contributed by atoms with van der Waals surface area (Å²) in [7, 11) is 0. The van der Waals surface area contributed by atoms with Crippen molar-refractivity contribution >= 4 is 40.2 Å². The molecule has 51 heavy (non-hydrogen) atoms. The molecule has 0 unspecified atom stereocenters. The molecule has 0 saturated carbocycles. The molecule has 1 aliphatic rings. The summed E-state index contributed by atoms with van der Waals surface area (Å²) in [6.07, 6.45) is -3.54. The quantitative estimate of drug-likeness (QED) is 0.154. The Kier molecular flexibility index (Phi) is 10.1. The number of rotatable bonds is 9. The van der Waals surface area contributed by atoms with Crippen molar-refractivity contribution in [1.82, 2.24) is 14.8 Å². The van der Waals surface area contributed by atoms with Crippen molar-refractivity contribution in [2.24, 2.45) is 4.99 Å². The number of carbonyl (C=O) groups is 2. The maximum absolute atomic E-state index is 15.1. The van der Waals surface area contributed by atoms with Gasteiger partial charge < -0.3 is 14.8 Å². The Bertz CT molecular complexity index is 2140. The van der Waals surface area contributed by atoms with E-state index >= 15 is 4.39 Å². The van der Waals surface area contributed by atoms with Gasteiger partial charge in [0.05, 0.1) is 36.0 Å². The predicted octanol–water partition coefficient (Wildman–Crippen LogP) is 7.94. The van der Waals surface area contributed by atoms with Gasteiger partial charge in [-0.05, 0) is 67.1 Å². The van der Waals surface area contributed by atoms with E-state index < -0.39 is 35.6 Å². The van der Waals surface area contributed by atoms with E-state index in [1.807, 2.05) is 0 Å². The Morgan fingerprint density at radius 2 is 1.69 bits per heavy atom. The highest BCUT2D eigenvalue weighted by Crippen LogP contribution is 2.32. The van der Waals surface area contributed by atoms with Crippen LogP contribution in [-0.4, -0.2) is 44.0 Å². The number of alkyl halides is 3. The van der Waals surface area contributed by atoms with Crippen LogP contribution in [0.2, 0.25) is 0 Å². The molecule has 0 spiro atoms. The van der Waals surface area contributed by atoms with Crippen LogP contribution in [0.1, 0.15) is 16.7 Å². The van der Waals surface area contributed by atoms with E-state index in [1.54, 1.807) is 25.1 Å². The first kappa shape index (κ1) is 35.2. The lowest BCUT2D eigenvalue weighted by Crippen LogP contribution is -2.31. The highest BCUT2D eigenvalue weighted by atomic mass is 32.2. The highest BCUT2D eigenvalue weighted by Gasteiger charge is 2.33. The van der Waals surface area contributed by atoms with Crippen molar-refractivity contribution in [3.63, 3.8) is 0 Å². The van der Waals surface area contributed by atoms with Gasteiger partial charge in [0.1, 0.15) is 29.5 Å². The van der Waals surface area contributed by atoms with Gasteiger partial charge in [-0.1, -0.05) is 30.0 Å². The number of benzene rings is 4. The molecule has 6 rings (SSSR count). The molecule has 5 aromatic rings. The normalized spacial score (nSPS) is 14.0. The third kappa shape index (κ3) is 8.56. The fourth-order valence-electron chi connectivity index (χ4n) is 4.90. The molecule has 1 aromatic heterocycles. The minimum absolute atomic E-state index is 0.0185. The second kappa shape index (κ2) is 14.7. The van der Waals surface area contributed by atoms with Crippen molar-refractivity contribution in [2.45, 2.75) is 26.5 Å². The van der Waals surface area contributed by atoms with Crippen LogP contribution in [0.3, 0.4) is 0 Å². The summed E-state index contributed by atoms with van der Waals surface area (Å²) in [5, 5.41) is 6.65. The lowest BCUT2D eigenvalue weighted by molar-refractivity contribution is -0.274. The number of aromatic nitrogens is 3. The third-order valence-corrected chi connectivity index (χ3v) is 8.19. The summed E-state index contributed by atoms with van der Waals surface area (Å²) in [5.41, 5.74) is 2.27. The van der Waals surface area contributed by atoms with E-state index in [9.17, 15) is 31.5 Å². The van der Waals surface area contributed by atoms with E-state index in [-0.39, 0.29) is 52.7 Å². The van der Waals surface area contributed by atoms with Gasteiger partial charge in [0.15, 0.2) is 11.0 Å². The van der Waals surface area contributed by atoms with Gasteiger partial charge in [-0.25, -0.2) is 27.6 Å². The molecule has 10 nitrogen and oxygen atoms in total. The van der Waals surface area contributed by atoms with Crippen LogP contribution in [0.4, 0.5) is 42.5 Å². The van der Waals surface area contributed by atoms with Gasteiger partial charge in [-0.15, -0.1) is 18.3 Å². The van der Waals surface area contributed by atoms with Gasteiger partial charge in [0.25, 0.3) is 0 Å². The van der Waals surface area contributed by atoms with Gasteiger partial charge in [0.2, 0.25) is 5.91 Å². The highest BCUT2D eigenvalue weighted by molar-refractivity contribution is 8.15. The van der Waals surface area contributed by atoms with Gasteiger partial charge in [-0.3, -0.25) is 9.69 Å². The largest absolute Gasteiger partial charge is 0.573 e. The summed E-state index contributed by atoms with van der Waals surface area (Å²) in [5.74, 6) is -3.01. The van der Waals surface area contributed by atoms with Crippen LogP contribution in [0.15, 0.2) is 90.2 Å². The van der Waals surface area contributed by atoms with Crippen molar-refractivity contribution < 1.29 is 45.4 Å². The van der Waals surface area contributed by atoms with Crippen molar-refractivity contribution in [3.8, 4) is 22.8 Å². The molecule has 0 bridgehead atoms. The van der Waals surface area contributed by atoms with E-state index in [1.165, 1.54) is 46.2 Å². The summed E-state index contributed by atoms with van der Waals surface area (Å²) in [4.78, 5) is 35.4. The second-order valence-corrected chi connectivity index (χ2v) is 11.9. The first-order valence-corrected chi connectivity index (χ1v) is 15.9. The molecule has 17 heteroatoms. The maximum atomic E-state index is 15.1. The molecule has 0 atom stereocenters. The Morgan fingerprint density at radius 1 is 0.941 bits per heavy atom. The number of urea groups is 1. The number of thioether (sulfide) groups is 1. The number of nitrogens with one attached hydrogen (secondary N) is 1. The summed E-state index contributed by atoms with van der Waals surface area (Å²) < 4.78 is 90.6. The molecule has 1 N–H and O–H groups in total.